The van der Waals surface area contributed by atoms with Crippen LogP contribution >= 0.6 is 11.8 Å². The van der Waals surface area contributed by atoms with E-state index >= 15 is 0 Å². The van der Waals surface area contributed by atoms with E-state index in [2.05, 4.69) is 33.5 Å². The maximum Gasteiger partial charge on any atom is 0.253 e. The summed E-state index contributed by atoms with van der Waals surface area (Å²) in [6.07, 6.45) is 0. The third kappa shape index (κ3) is 5.38. The molecular weight excluding hydrogens is 386 g/mol. The van der Waals surface area contributed by atoms with Gasteiger partial charge in [-0.1, -0.05) is 30.8 Å². The number of piperazine rings is 1. The molecule has 1 unspecified atom stereocenters. The second kappa shape index (κ2) is 10.2. The van der Waals surface area contributed by atoms with Gasteiger partial charge in [0, 0.05) is 44.6 Å². The summed E-state index contributed by atoms with van der Waals surface area (Å²) in [5, 5.41) is 9.42. The molecule has 0 radical (unpaired) electrons. The van der Waals surface area contributed by atoms with Crippen LogP contribution in [-0.4, -0.2) is 76.9 Å². The Balaban J connectivity index is 1.58. The Hall–Kier alpha value is -1.90. The first kappa shape index (κ1) is 21.8. The van der Waals surface area contributed by atoms with Gasteiger partial charge in [0.05, 0.1) is 12.6 Å². The lowest BCUT2D eigenvalue weighted by Gasteiger charge is -2.34. The molecule has 1 saturated heterocycles. The summed E-state index contributed by atoms with van der Waals surface area (Å²) in [5.74, 6) is 1.80. The SMILES string of the molecule is CCN1CCN(C(=O)c2ccc(CSc3nnc(C)n3C(C)COC)cc2)CC1. The topological polar surface area (TPSA) is 63.5 Å². The Bertz CT molecular complexity index is 800. The monoisotopic (exact) mass is 417 g/mol. The molecule has 0 N–H and O–H groups in total. The smallest absolute Gasteiger partial charge is 0.253 e. The number of rotatable bonds is 8. The van der Waals surface area contributed by atoms with E-state index in [0.29, 0.717) is 6.61 Å². The highest BCUT2D eigenvalue weighted by Gasteiger charge is 2.21. The fourth-order valence-electron chi connectivity index (χ4n) is 3.61. The summed E-state index contributed by atoms with van der Waals surface area (Å²) >= 11 is 1.65. The van der Waals surface area contributed by atoms with Gasteiger partial charge in [-0.3, -0.25) is 4.79 Å². The fraction of sp³-hybridized carbons (Fsp3) is 0.571. The van der Waals surface area contributed by atoms with Gasteiger partial charge in [-0.05, 0) is 38.1 Å². The number of methoxy groups -OCH3 is 1. The van der Waals surface area contributed by atoms with Crippen LogP contribution in [0.1, 0.15) is 41.6 Å². The molecule has 2 aromatic rings. The van der Waals surface area contributed by atoms with E-state index in [1.165, 1.54) is 0 Å². The van der Waals surface area contributed by atoms with Crippen LogP contribution in [0.4, 0.5) is 0 Å². The molecule has 2 heterocycles. The highest BCUT2D eigenvalue weighted by Crippen LogP contribution is 2.25. The standard InChI is InChI=1S/C21H31N5O2S/c1-5-24-10-12-25(13-11-24)20(27)19-8-6-18(7-9-19)15-29-21-23-22-17(3)26(21)16(2)14-28-4/h6-9,16H,5,10-15H2,1-4H3. The van der Waals surface area contributed by atoms with Gasteiger partial charge in [0.25, 0.3) is 5.91 Å². The predicted molar refractivity (Wildman–Crippen MR) is 115 cm³/mol. The Morgan fingerprint density at radius 2 is 1.86 bits per heavy atom. The van der Waals surface area contributed by atoms with E-state index in [0.717, 1.165) is 60.6 Å². The number of likely N-dealkylation sites (N-methyl/N-ethyl adjacent to an activating group) is 1. The summed E-state index contributed by atoms with van der Waals surface area (Å²) in [6.45, 7) is 11.4. The van der Waals surface area contributed by atoms with Crippen molar-refractivity contribution >= 4 is 17.7 Å². The van der Waals surface area contributed by atoms with Crippen LogP contribution in [0.5, 0.6) is 0 Å². The van der Waals surface area contributed by atoms with Crippen molar-refractivity contribution in [2.24, 2.45) is 0 Å². The molecule has 3 rings (SSSR count). The van der Waals surface area contributed by atoms with Crippen molar-refractivity contribution in [3.05, 3.63) is 41.2 Å². The highest BCUT2D eigenvalue weighted by molar-refractivity contribution is 7.98. The summed E-state index contributed by atoms with van der Waals surface area (Å²) in [7, 11) is 1.70. The number of nitrogens with zero attached hydrogens (tertiary/aromatic N) is 5. The maximum absolute atomic E-state index is 12.7. The Kier molecular flexibility index (Phi) is 7.69. The van der Waals surface area contributed by atoms with Crippen molar-refractivity contribution in [2.45, 2.75) is 37.7 Å². The van der Waals surface area contributed by atoms with Crippen LogP contribution < -0.4 is 0 Å². The Morgan fingerprint density at radius 1 is 1.17 bits per heavy atom. The van der Waals surface area contributed by atoms with Gasteiger partial charge in [0.1, 0.15) is 5.82 Å². The van der Waals surface area contributed by atoms with Crippen molar-refractivity contribution in [3.8, 4) is 0 Å². The van der Waals surface area contributed by atoms with Crippen LogP contribution in [0.3, 0.4) is 0 Å². The number of hydrogen-bond donors (Lipinski definition) is 0. The molecule has 1 atom stereocenters. The lowest BCUT2D eigenvalue weighted by Crippen LogP contribution is -2.48. The quantitative estimate of drug-likeness (QED) is 0.616. The molecule has 1 aromatic heterocycles. The van der Waals surface area contributed by atoms with Gasteiger partial charge >= 0.3 is 0 Å². The molecule has 1 aliphatic rings. The van der Waals surface area contributed by atoms with Gasteiger partial charge in [-0.2, -0.15) is 0 Å². The second-order valence-electron chi connectivity index (χ2n) is 7.42. The van der Waals surface area contributed by atoms with E-state index in [-0.39, 0.29) is 11.9 Å². The molecule has 0 aliphatic carbocycles. The minimum atomic E-state index is 0.128. The molecule has 0 spiro atoms. The molecule has 8 heteroatoms. The molecule has 1 aromatic carbocycles. The molecule has 1 fully saturated rings. The second-order valence-corrected chi connectivity index (χ2v) is 8.36. The van der Waals surface area contributed by atoms with Crippen molar-refractivity contribution in [1.29, 1.82) is 0 Å². The number of benzene rings is 1. The first-order valence-electron chi connectivity index (χ1n) is 10.2. The lowest BCUT2D eigenvalue weighted by atomic mass is 10.1. The zero-order valence-electron chi connectivity index (χ0n) is 17.8. The predicted octanol–water partition coefficient (Wildman–Crippen LogP) is 2.86. The summed E-state index contributed by atoms with van der Waals surface area (Å²) in [5.41, 5.74) is 1.92. The molecule has 0 saturated carbocycles. The van der Waals surface area contributed by atoms with Gasteiger partial charge < -0.3 is 19.1 Å². The van der Waals surface area contributed by atoms with Crippen molar-refractivity contribution in [2.75, 3.05) is 46.4 Å². The number of carbonyl (C=O) groups is 1. The average molecular weight is 418 g/mol. The highest BCUT2D eigenvalue weighted by atomic mass is 32.2. The van der Waals surface area contributed by atoms with Crippen LogP contribution in [0.25, 0.3) is 0 Å². The number of thioether (sulfide) groups is 1. The zero-order chi connectivity index (χ0) is 20.8. The molecule has 1 amide bonds. The third-order valence-electron chi connectivity index (χ3n) is 5.36. The van der Waals surface area contributed by atoms with Gasteiger partial charge in [-0.15, -0.1) is 10.2 Å². The largest absolute Gasteiger partial charge is 0.383 e. The normalized spacial score (nSPS) is 16.2. The minimum Gasteiger partial charge on any atom is -0.383 e. The lowest BCUT2D eigenvalue weighted by molar-refractivity contribution is 0.0643. The summed E-state index contributed by atoms with van der Waals surface area (Å²) in [4.78, 5) is 17.1. The van der Waals surface area contributed by atoms with E-state index < -0.39 is 0 Å². The van der Waals surface area contributed by atoms with Crippen LogP contribution in [0.15, 0.2) is 29.4 Å². The van der Waals surface area contributed by atoms with Crippen molar-refractivity contribution in [3.63, 3.8) is 0 Å². The molecule has 29 heavy (non-hydrogen) atoms. The fourth-order valence-corrected chi connectivity index (χ4v) is 4.65. The number of aryl methyl sites for hydroxylation is 1. The summed E-state index contributed by atoms with van der Waals surface area (Å²) < 4.78 is 7.39. The van der Waals surface area contributed by atoms with Gasteiger partial charge in [-0.25, -0.2) is 0 Å². The van der Waals surface area contributed by atoms with E-state index in [4.69, 9.17) is 4.74 Å². The third-order valence-corrected chi connectivity index (χ3v) is 6.37. The number of aromatic nitrogens is 3. The maximum atomic E-state index is 12.7. The van der Waals surface area contributed by atoms with Gasteiger partial charge in [0.15, 0.2) is 5.16 Å². The first-order valence-corrected chi connectivity index (χ1v) is 11.2. The van der Waals surface area contributed by atoms with Crippen molar-refractivity contribution in [1.82, 2.24) is 24.6 Å². The Morgan fingerprint density at radius 3 is 2.48 bits per heavy atom. The molecule has 158 valence electrons. The van der Waals surface area contributed by atoms with Crippen LogP contribution in [0, 0.1) is 6.92 Å². The van der Waals surface area contributed by atoms with Gasteiger partial charge in [0.2, 0.25) is 0 Å². The van der Waals surface area contributed by atoms with Crippen LogP contribution in [0.2, 0.25) is 0 Å². The number of hydrogen-bond acceptors (Lipinski definition) is 6. The zero-order valence-corrected chi connectivity index (χ0v) is 18.6. The number of ether oxygens (including phenoxy) is 1. The summed E-state index contributed by atoms with van der Waals surface area (Å²) in [6, 6.07) is 8.14. The number of carbonyl (C=O) groups excluding carboxylic acids is 1. The van der Waals surface area contributed by atoms with E-state index in [9.17, 15) is 4.79 Å². The molecule has 7 nitrogen and oxygen atoms in total. The van der Waals surface area contributed by atoms with E-state index in [1.54, 1.807) is 18.9 Å². The molecule has 0 bridgehead atoms. The molecule has 1 aliphatic heterocycles. The number of amides is 1. The van der Waals surface area contributed by atoms with Crippen LogP contribution in [-0.2, 0) is 10.5 Å². The first-order chi connectivity index (χ1) is 14.0. The van der Waals surface area contributed by atoms with Crippen molar-refractivity contribution < 1.29 is 9.53 Å². The Labute approximate surface area is 177 Å². The molecular formula is C21H31N5O2S. The van der Waals surface area contributed by atoms with E-state index in [1.807, 2.05) is 36.1 Å². The minimum absolute atomic E-state index is 0.128. The average Bonchev–Trinajstić information content (AvgIpc) is 3.13.